The van der Waals surface area contributed by atoms with Gasteiger partial charge in [-0.3, -0.25) is 0 Å². The quantitative estimate of drug-likeness (QED) is 0.343. The molecule has 0 heterocycles. The van der Waals surface area contributed by atoms with Crippen LogP contribution < -0.4 is 0 Å². The van der Waals surface area contributed by atoms with E-state index in [2.05, 4.69) is 64.5 Å². The number of hydrogen-bond acceptors (Lipinski definition) is 2. The first-order chi connectivity index (χ1) is 8.63. The van der Waals surface area contributed by atoms with E-state index in [0.717, 1.165) is 15.5 Å². The van der Waals surface area contributed by atoms with E-state index in [4.69, 9.17) is 9.47 Å². The third-order valence-electron chi connectivity index (χ3n) is 2.36. The van der Waals surface area contributed by atoms with Gasteiger partial charge in [0, 0.05) is 15.5 Å². The molecule has 1 rings (SSSR count). The molecule has 102 valence electrons. The minimum atomic E-state index is 0.144. The van der Waals surface area contributed by atoms with E-state index in [0.29, 0.717) is 19.1 Å². The minimum Gasteiger partial charge on any atom is -0.379 e. The average Bonchev–Trinajstić information content (AvgIpc) is 2.33. The maximum Gasteiger partial charge on any atom is 0.0915 e. The number of halogens is 2. The van der Waals surface area contributed by atoms with Crippen molar-refractivity contribution in [2.75, 3.05) is 24.2 Å². The van der Waals surface area contributed by atoms with Gasteiger partial charge in [-0.1, -0.05) is 64.5 Å². The van der Waals surface area contributed by atoms with E-state index in [1.807, 2.05) is 12.1 Å². The zero-order chi connectivity index (χ0) is 13.4. The van der Waals surface area contributed by atoms with Gasteiger partial charge in [-0.05, 0) is 23.6 Å². The lowest BCUT2D eigenvalue weighted by atomic mass is 10.1. The van der Waals surface area contributed by atoms with Crippen LogP contribution >= 0.6 is 38.5 Å². The first-order valence-electron chi connectivity index (χ1n) is 6.14. The molecule has 0 saturated heterocycles. The topological polar surface area (TPSA) is 18.5 Å². The van der Waals surface area contributed by atoms with E-state index in [9.17, 15) is 0 Å². The van der Waals surface area contributed by atoms with Crippen LogP contribution in [0.5, 0.6) is 0 Å². The molecule has 0 aliphatic heterocycles. The summed E-state index contributed by atoms with van der Waals surface area (Å²) in [5, 5.41) is 0. The lowest BCUT2D eigenvalue weighted by Crippen LogP contribution is -2.12. The van der Waals surface area contributed by atoms with Gasteiger partial charge in [0.1, 0.15) is 0 Å². The molecular formula is C14H20BrIO2. The van der Waals surface area contributed by atoms with Crippen molar-refractivity contribution in [3.63, 3.8) is 0 Å². The zero-order valence-corrected chi connectivity index (χ0v) is 14.6. The van der Waals surface area contributed by atoms with Crippen LogP contribution in [0.25, 0.3) is 0 Å². The summed E-state index contributed by atoms with van der Waals surface area (Å²) in [6, 6.07) is 8.28. The van der Waals surface area contributed by atoms with Crippen LogP contribution in [0.2, 0.25) is 0 Å². The highest BCUT2D eigenvalue weighted by atomic mass is 127. The van der Waals surface area contributed by atoms with E-state index in [1.165, 1.54) is 5.56 Å². The van der Waals surface area contributed by atoms with Crippen LogP contribution in [0.1, 0.15) is 25.5 Å². The van der Waals surface area contributed by atoms with Gasteiger partial charge in [0.15, 0.2) is 0 Å². The Bertz CT molecular complexity index is 344. The van der Waals surface area contributed by atoms with Gasteiger partial charge < -0.3 is 9.47 Å². The molecule has 0 bridgehead atoms. The van der Waals surface area contributed by atoms with Crippen molar-refractivity contribution in [3.05, 3.63) is 34.3 Å². The van der Waals surface area contributed by atoms with Gasteiger partial charge in [-0.15, -0.1) is 0 Å². The lowest BCUT2D eigenvalue weighted by molar-refractivity contribution is 0.00818. The van der Waals surface area contributed by atoms with Crippen LogP contribution in [0, 0.1) is 5.92 Å². The second-order valence-corrected chi connectivity index (χ2v) is 6.33. The third kappa shape index (κ3) is 6.50. The van der Waals surface area contributed by atoms with Gasteiger partial charge in [-0.2, -0.15) is 0 Å². The Balaban J connectivity index is 2.34. The number of hydrogen-bond donors (Lipinski definition) is 0. The molecule has 1 aromatic rings. The monoisotopic (exact) mass is 426 g/mol. The number of ether oxygens (including phenoxy) is 2. The molecule has 0 aliphatic carbocycles. The highest BCUT2D eigenvalue weighted by Crippen LogP contribution is 2.23. The van der Waals surface area contributed by atoms with E-state index in [-0.39, 0.29) is 6.10 Å². The summed E-state index contributed by atoms with van der Waals surface area (Å²) in [6.45, 7) is 6.41. The maximum atomic E-state index is 5.86. The van der Waals surface area contributed by atoms with Crippen molar-refractivity contribution in [2.45, 2.75) is 20.0 Å². The summed E-state index contributed by atoms with van der Waals surface area (Å²) in [7, 11) is 0. The predicted molar refractivity (Wildman–Crippen MR) is 87.4 cm³/mol. The third-order valence-corrected chi connectivity index (χ3v) is 3.65. The minimum absolute atomic E-state index is 0.144. The van der Waals surface area contributed by atoms with E-state index >= 15 is 0 Å². The SMILES string of the molecule is CC(C)COCCOC(CI)c1cccc(Br)c1. The highest BCUT2D eigenvalue weighted by molar-refractivity contribution is 14.1. The second kappa shape index (κ2) is 9.28. The molecule has 18 heavy (non-hydrogen) atoms. The number of alkyl halides is 1. The molecule has 0 amide bonds. The molecule has 0 radical (unpaired) electrons. The number of rotatable bonds is 8. The molecule has 1 unspecified atom stereocenters. The summed E-state index contributed by atoms with van der Waals surface area (Å²) >= 11 is 5.84. The van der Waals surface area contributed by atoms with Crippen molar-refractivity contribution in [2.24, 2.45) is 5.92 Å². The predicted octanol–water partition coefficient (Wildman–Crippen LogP) is 4.61. The fraction of sp³-hybridized carbons (Fsp3) is 0.571. The Labute approximate surface area is 132 Å². The van der Waals surface area contributed by atoms with Gasteiger partial charge in [0.25, 0.3) is 0 Å². The van der Waals surface area contributed by atoms with Gasteiger partial charge in [0.05, 0.1) is 19.3 Å². The summed E-state index contributed by atoms with van der Waals surface area (Å²) in [6.07, 6.45) is 0.144. The maximum absolute atomic E-state index is 5.86. The summed E-state index contributed by atoms with van der Waals surface area (Å²) in [5.41, 5.74) is 1.21. The fourth-order valence-electron chi connectivity index (χ4n) is 1.51. The normalized spacial score (nSPS) is 12.9. The van der Waals surface area contributed by atoms with Crippen molar-refractivity contribution in [1.29, 1.82) is 0 Å². The van der Waals surface area contributed by atoms with Crippen LogP contribution in [0.4, 0.5) is 0 Å². The van der Waals surface area contributed by atoms with Crippen LogP contribution in [-0.4, -0.2) is 24.2 Å². The Kier molecular flexibility index (Phi) is 8.46. The fourth-order valence-corrected chi connectivity index (χ4v) is 2.68. The standard InChI is InChI=1S/C14H20BrIO2/c1-11(2)10-17-6-7-18-14(9-16)12-4-3-5-13(15)8-12/h3-5,8,11,14H,6-7,9-10H2,1-2H3. The van der Waals surface area contributed by atoms with Crippen molar-refractivity contribution in [1.82, 2.24) is 0 Å². The molecule has 0 aromatic heterocycles. The van der Waals surface area contributed by atoms with Gasteiger partial charge in [-0.25, -0.2) is 0 Å². The van der Waals surface area contributed by atoms with E-state index in [1.54, 1.807) is 0 Å². The first kappa shape index (κ1) is 16.4. The smallest absolute Gasteiger partial charge is 0.0915 e. The zero-order valence-electron chi connectivity index (χ0n) is 10.9. The van der Waals surface area contributed by atoms with E-state index < -0.39 is 0 Å². The Morgan fingerprint density at radius 3 is 2.67 bits per heavy atom. The summed E-state index contributed by atoms with van der Waals surface area (Å²) < 4.78 is 13.4. The van der Waals surface area contributed by atoms with Crippen molar-refractivity contribution in [3.8, 4) is 0 Å². The molecule has 0 spiro atoms. The molecule has 0 saturated carbocycles. The molecule has 1 atom stereocenters. The Morgan fingerprint density at radius 2 is 2.06 bits per heavy atom. The van der Waals surface area contributed by atoms with Crippen LogP contribution in [-0.2, 0) is 9.47 Å². The second-order valence-electron chi connectivity index (χ2n) is 4.54. The molecule has 4 heteroatoms. The lowest BCUT2D eigenvalue weighted by Gasteiger charge is -2.16. The molecular weight excluding hydrogens is 407 g/mol. The van der Waals surface area contributed by atoms with Gasteiger partial charge >= 0.3 is 0 Å². The van der Waals surface area contributed by atoms with Gasteiger partial charge in [0.2, 0.25) is 0 Å². The summed E-state index contributed by atoms with van der Waals surface area (Å²) in [5.74, 6) is 0.579. The Morgan fingerprint density at radius 1 is 1.28 bits per heavy atom. The average molecular weight is 427 g/mol. The largest absolute Gasteiger partial charge is 0.379 e. The highest BCUT2D eigenvalue weighted by Gasteiger charge is 2.10. The first-order valence-corrected chi connectivity index (χ1v) is 8.46. The molecule has 0 aliphatic rings. The summed E-state index contributed by atoms with van der Waals surface area (Å²) in [4.78, 5) is 0. The molecule has 2 nitrogen and oxygen atoms in total. The van der Waals surface area contributed by atoms with Crippen LogP contribution in [0.15, 0.2) is 28.7 Å². The Hall–Kier alpha value is 0.350. The van der Waals surface area contributed by atoms with Crippen molar-refractivity contribution >= 4 is 38.5 Å². The number of benzene rings is 1. The molecule has 0 fully saturated rings. The van der Waals surface area contributed by atoms with Crippen LogP contribution in [0.3, 0.4) is 0 Å². The molecule has 0 N–H and O–H groups in total. The van der Waals surface area contributed by atoms with Crippen molar-refractivity contribution < 1.29 is 9.47 Å². The molecule has 1 aromatic carbocycles.